The Morgan fingerprint density at radius 2 is 2.04 bits per heavy atom. The molecule has 3 aromatic rings. The highest BCUT2D eigenvalue weighted by Gasteiger charge is 2.16. The van der Waals surface area contributed by atoms with Crippen molar-refractivity contribution in [2.24, 2.45) is 0 Å². The lowest BCUT2D eigenvalue weighted by molar-refractivity contribution is 0.0933. The fraction of sp³-hybridized carbons (Fsp3) is 0.133. The van der Waals surface area contributed by atoms with Gasteiger partial charge in [0.1, 0.15) is 11.5 Å². The zero-order chi connectivity index (χ0) is 16.2. The Bertz CT molecular complexity index is 802. The first-order valence-corrected chi connectivity index (χ1v) is 7.26. The predicted molar refractivity (Wildman–Crippen MR) is 84.7 cm³/mol. The van der Waals surface area contributed by atoms with E-state index >= 15 is 0 Å². The number of aromatic amines is 1. The standard InChI is InChI=1S/C15H13ClN6O/c1-9(19-15(23)12-8-17-6-7-18-12)13-20-14(22-21-13)10-2-4-11(16)5-3-10/h2-9H,1H3,(H,19,23)(H,20,21,22). The molecule has 0 spiro atoms. The number of rotatable bonds is 4. The molecule has 0 radical (unpaired) electrons. The lowest BCUT2D eigenvalue weighted by Crippen LogP contribution is -2.28. The zero-order valence-electron chi connectivity index (χ0n) is 12.2. The summed E-state index contributed by atoms with van der Waals surface area (Å²) in [4.78, 5) is 24.3. The van der Waals surface area contributed by atoms with Crippen molar-refractivity contribution in [2.45, 2.75) is 13.0 Å². The summed E-state index contributed by atoms with van der Waals surface area (Å²) in [5.74, 6) is 0.763. The monoisotopic (exact) mass is 328 g/mol. The zero-order valence-corrected chi connectivity index (χ0v) is 12.9. The van der Waals surface area contributed by atoms with E-state index in [0.717, 1.165) is 5.56 Å². The first-order chi connectivity index (χ1) is 11.1. The number of aromatic nitrogens is 5. The van der Waals surface area contributed by atoms with Gasteiger partial charge in [0, 0.05) is 23.0 Å². The third kappa shape index (κ3) is 3.51. The van der Waals surface area contributed by atoms with Gasteiger partial charge in [-0.05, 0) is 31.2 Å². The van der Waals surface area contributed by atoms with Crippen LogP contribution in [0.25, 0.3) is 11.4 Å². The molecule has 23 heavy (non-hydrogen) atoms. The van der Waals surface area contributed by atoms with Gasteiger partial charge in [0.15, 0.2) is 5.82 Å². The largest absolute Gasteiger partial charge is 0.341 e. The lowest BCUT2D eigenvalue weighted by Gasteiger charge is -2.09. The maximum atomic E-state index is 12.1. The Morgan fingerprint density at radius 3 is 2.74 bits per heavy atom. The molecular formula is C15H13ClN6O. The number of nitrogens with one attached hydrogen (secondary N) is 2. The summed E-state index contributed by atoms with van der Waals surface area (Å²) in [5.41, 5.74) is 1.08. The molecule has 116 valence electrons. The van der Waals surface area contributed by atoms with Crippen molar-refractivity contribution in [3.05, 3.63) is 59.4 Å². The molecule has 2 aromatic heterocycles. The van der Waals surface area contributed by atoms with Gasteiger partial charge in [0.2, 0.25) is 0 Å². The number of carbonyl (C=O) groups is 1. The summed E-state index contributed by atoms with van der Waals surface area (Å²) in [7, 11) is 0. The molecule has 0 saturated carbocycles. The Balaban J connectivity index is 1.72. The summed E-state index contributed by atoms with van der Waals surface area (Å²) in [6.07, 6.45) is 4.38. The molecule has 1 aromatic carbocycles. The van der Waals surface area contributed by atoms with Gasteiger partial charge in [-0.15, -0.1) is 0 Å². The number of carbonyl (C=O) groups excluding carboxylic acids is 1. The molecule has 3 rings (SSSR count). The van der Waals surface area contributed by atoms with Crippen molar-refractivity contribution in [3.63, 3.8) is 0 Å². The third-order valence-electron chi connectivity index (χ3n) is 3.16. The number of benzene rings is 1. The van der Waals surface area contributed by atoms with E-state index in [4.69, 9.17) is 11.6 Å². The number of hydrogen-bond donors (Lipinski definition) is 2. The lowest BCUT2D eigenvalue weighted by atomic mass is 10.2. The van der Waals surface area contributed by atoms with E-state index in [9.17, 15) is 4.79 Å². The van der Waals surface area contributed by atoms with Crippen LogP contribution in [-0.4, -0.2) is 31.1 Å². The number of nitrogens with zero attached hydrogens (tertiary/aromatic N) is 4. The number of amides is 1. The van der Waals surface area contributed by atoms with Gasteiger partial charge >= 0.3 is 0 Å². The average molecular weight is 329 g/mol. The summed E-state index contributed by atoms with van der Waals surface area (Å²) in [6.45, 7) is 1.81. The molecule has 0 aliphatic rings. The second-order valence-electron chi connectivity index (χ2n) is 4.84. The molecule has 0 aliphatic heterocycles. The highest BCUT2D eigenvalue weighted by Crippen LogP contribution is 2.19. The van der Waals surface area contributed by atoms with E-state index < -0.39 is 0 Å². The Hall–Kier alpha value is -2.80. The molecule has 0 bridgehead atoms. The molecule has 2 N–H and O–H groups in total. The van der Waals surface area contributed by atoms with Crippen LogP contribution >= 0.6 is 11.6 Å². The van der Waals surface area contributed by atoms with E-state index in [1.54, 1.807) is 19.1 Å². The van der Waals surface area contributed by atoms with Crippen LogP contribution in [0.15, 0.2) is 42.9 Å². The molecule has 8 heteroatoms. The van der Waals surface area contributed by atoms with Crippen molar-refractivity contribution in [2.75, 3.05) is 0 Å². The van der Waals surface area contributed by atoms with Gasteiger partial charge in [0.05, 0.1) is 12.2 Å². The summed E-state index contributed by atoms with van der Waals surface area (Å²) in [5, 5.41) is 10.4. The maximum Gasteiger partial charge on any atom is 0.272 e. The SMILES string of the molecule is CC(NC(=O)c1cnccn1)c1nc(-c2ccc(Cl)cc2)n[nH]1. The topological polar surface area (TPSA) is 96.5 Å². The normalized spacial score (nSPS) is 11.9. The molecule has 0 saturated heterocycles. The van der Waals surface area contributed by atoms with Crippen molar-refractivity contribution < 1.29 is 4.79 Å². The molecule has 0 aliphatic carbocycles. The van der Waals surface area contributed by atoms with Crippen molar-refractivity contribution in [1.29, 1.82) is 0 Å². The van der Waals surface area contributed by atoms with Crippen LogP contribution in [0, 0.1) is 0 Å². The second-order valence-corrected chi connectivity index (χ2v) is 5.27. The fourth-order valence-electron chi connectivity index (χ4n) is 1.95. The van der Waals surface area contributed by atoms with Crippen molar-refractivity contribution in [3.8, 4) is 11.4 Å². The molecule has 2 heterocycles. The highest BCUT2D eigenvalue weighted by atomic mass is 35.5. The van der Waals surface area contributed by atoms with Crippen LogP contribution < -0.4 is 5.32 Å². The summed E-state index contributed by atoms with van der Waals surface area (Å²) >= 11 is 5.86. The minimum atomic E-state index is -0.349. The molecule has 7 nitrogen and oxygen atoms in total. The van der Waals surface area contributed by atoms with E-state index in [-0.39, 0.29) is 17.6 Å². The van der Waals surface area contributed by atoms with Crippen LogP contribution in [0.4, 0.5) is 0 Å². The fourth-order valence-corrected chi connectivity index (χ4v) is 2.08. The highest BCUT2D eigenvalue weighted by molar-refractivity contribution is 6.30. The van der Waals surface area contributed by atoms with E-state index in [1.165, 1.54) is 18.6 Å². The van der Waals surface area contributed by atoms with Crippen LogP contribution in [0.2, 0.25) is 5.02 Å². The summed E-state index contributed by atoms with van der Waals surface area (Å²) < 4.78 is 0. The Labute approximate surface area is 137 Å². The van der Waals surface area contributed by atoms with Crippen molar-refractivity contribution >= 4 is 17.5 Å². The smallest absolute Gasteiger partial charge is 0.272 e. The molecule has 1 atom stereocenters. The number of hydrogen-bond acceptors (Lipinski definition) is 5. The van der Waals surface area contributed by atoms with E-state index in [1.807, 2.05) is 12.1 Å². The molecular weight excluding hydrogens is 316 g/mol. The first-order valence-electron chi connectivity index (χ1n) is 6.88. The van der Waals surface area contributed by atoms with Gasteiger partial charge in [-0.25, -0.2) is 9.97 Å². The van der Waals surface area contributed by atoms with Crippen LogP contribution in [0.3, 0.4) is 0 Å². The van der Waals surface area contributed by atoms with Gasteiger partial charge in [-0.3, -0.25) is 14.9 Å². The van der Waals surface area contributed by atoms with Gasteiger partial charge in [-0.2, -0.15) is 5.10 Å². The Kier molecular flexibility index (Phi) is 4.29. The van der Waals surface area contributed by atoms with Crippen LogP contribution in [0.1, 0.15) is 29.3 Å². The third-order valence-corrected chi connectivity index (χ3v) is 3.41. The predicted octanol–water partition coefficient (Wildman–Crippen LogP) is 2.41. The van der Waals surface area contributed by atoms with Gasteiger partial charge in [-0.1, -0.05) is 11.6 Å². The second kappa shape index (κ2) is 6.53. The Morgan fingerprint density at radius 1 is 1.26 bits per heavy atom. The van der Waals surface area contributed by atoms with E-state index in [0.29, 0.717) is 16.7 Å². The van der Waals surface area contributed by atoms with Crippen LogP contribution in [0.5, 0.6) is 0 Å². The van der Waals surface area contributed by atoms with Gasteiger partial charge < -0.3 is 5.32 Å². The first kappa shape index (κ1) is 15.1. The molecule has 1 unspecified atom stereocenters. The van der Waals surface area contributed by atoms with Crippen molar-refractivity contribution in [1.82, 2.24) is 30.5 Å². The minimum Gasteiger partial charge on any atom is -0.341 e. The molecule has 1 amide bonds. The number of H-pyrrole nitrogens is 1. The minimum absolute atomic E-state index is 0.247. The summed E-state index contributed by atoms with van der Waals surface area (Å²) in [6, 6.07) is 6.85. The van der Waals surface area contributed by atoms with Crippen LogP contribution in [-0.2, 0) is 0 Å². The average Bonchev–Trinajstić information content (AvgIpc) is 3.06. The number of halogens is 1. The maximum absolute atomic E-state index is 12.1. The molecule has 0 fully saturated rings. The van der Waals surface area contributed by atoms with Gasteiger partial charge in [0.25, 0.3) is 5.91 Å². The van der Waals surface area contributed by atoms with E-state index in [2.05, 4.69) is 30.5 Å². The quantitative estimate of drug-likeness (QED) is 0.766.